The van der Waals surface area contributed by atoms with Gasteiger partial charge in [0, 0.05) is 28.9 Å². The van der Waals surface area contributed by atoms with Crippen molar-refractivity contribution in [3.8, 4) is 5.69 Å². The van der Waals surface area contributed by atoms with E-state index in [1.54, 1.807) is 24.3 Å². The molecule has 26 heavy (non-hydrogen) atoms. The van der Waals surface area contributed by atoms with Crippen molar-refractivity contribution in [1.82, 2.24) is 9.47 Å². The Balaban J connectivity index is 1.86. The van der Waals surface area contributed by atoms with Crippen LogP contribution in [0.2, 0.25) is 0 Å². The third kappa shape index (κ3) is 3.91. The van der Waals surface area contributed by atoms with Crippen LogP contribution in [0.4, 0.5) is 0 Å². The fourth-order valence-corrected chi connectivity index (χ4v) is 4.32. The highest BCUT2D eigenvalue weighted by Crippen LogP contribution is 2.23. The molecule has 6 heteroatoms. The number of aromatic nitrogens is 1. The van der Waals surface area contributed by atoms with Gasteiger partial charge in [-0.2, -0.15) is 0 Å². The summed E-state index contributed by atoms with van der Waals surface area (Å²) in [6.45, 7) is 6.38. The molecule has 1 aromatic heterocycles. The predicted octanol–water partition coefficient (Wildman–Crippen LogP) is 3.17. The highest BCUT2D eigenvalue weighted by molar-refractivity contribution is 7.90. The number of carbonyl (C=O) groups is 1. The van der Waals surface area contributed by atoms with Crippen molar-refractivity contribution in [3.05, 3.63) is 47.3 Å². The molecule has 0 N–H and O–H groups in total. The number of Topliss-reactive ketones (excluding diaryl/α,β-unsaturated/α-hetero) is 1. The maximum Gasteiger partial charge on any atom is 0.178 e. The number of aryl methyl sites for hydroxylation is 1. The summed E-state index contributed by atoms with van der Waals surface area (Å²) in [6.07, 6.45) is 4.78. The van der Waals surface area contributed by atoms with Crippen LogP contribution in [0.3, 0.4) is 0 Å². The second-order valence-corrected chi connectivity index (χ2v) is 9.16. The van der Waals surface area contributed by atoms with Gasteiger partial charge in [-0.05, 0) is 70.1 Å². The Morgan fingerprint density at radius 3 is 2.23 bits per heavy atom. The van der Waals surface area contributed by atoms with Crippen LogP contribution in [-0.2, 0) is 9.84 Å². The number of nitrogens with zero attached hydrogens (tertiary/aromatic N) is 2. The molecule has 2 heterocycles. The molecule has 0 atom stereocenters. The maximum absolute atomic E-state index is 12.8. The van der Waals surface area contributed by atoms with E-state index in [1.165, 1.54) is 25.5 Å². The van der Waals surface area contributed by atoms with Crippen molar-refractivity contribution < 1.29 is 13.2 Å². The van der Waals surface area contributed by atoms with Crippen molar-refractivity contribution >= 4 is 15.6 Å². The molecule has 3 rings (SSSR count). The molecular formula is C20H26N2O3S. The van der Waals surface area contributed by atoms with Crippen molar-refractivity contribution in [1.29, 1.82) is 0 Å². The molecule has 5 nitrogen and oxygen atoms in total. The van der Waals surface area contributed by atoms with Crippen molar-refractivity contribution in [2.24, 2.45) is 0 Å². The minimum Gasteiger partial charge on any atom is -0.318 e. The normalized spacial score (nSPS) is 16.0. The van der Waals surface area contributed by atoms with E-state index in [2.05, 4.69) is 4.90 Å². The number of sulfone groups is 1. The van der Waals surface area contributed by atoms with Gasteiger partial charge in [0.1, 0.15) is 0 Å². The summed E-state index contributed by atoms with van der Waals surface area (Å²) >= 11 is 0. The smallest absolute Gasteiger partial charge is 0.178 e. The summed E-state index contributed by atoms with van der Waals surface area (Å²) in [4.78, 5) is 15.3. The second kappa shape index (κ2) is 7.37. The molecule has 0 aliphatic carbocycles. The quantitative estimate of drug-likeness (QED) is 0.754. The van der Waals surface area contributed by atoms with Gasteiger partial charge in [-0.1, -0.05) is 6.42 Å². The van der Waals surface area contributed by atoms with Crippen LogP contribution in [-0.4, -0.2) is 49.6 Å². The number of ketones is 1. The topological polar surface area (TPSA) is 59.4 Å². The minimum atomic E-state index is -3.22. The van der Waals surface area contributed by atoms with E-state index >= 15 is 0 Å². The maximum atomic E-state index is 12.8. The molecule has 0 unspecified atom stereocenters. The number of benzene rings is 1. The van der Waals surface area contributed by atoms with E-state index in [0.29, 0.717) is 11.4 Å². The third-order valence-electron chi connectivity index (χ3n) is 5.07. The molecule has 1 aliphatic heterocycles. The molecule has 2 aromatic rings. The summed E-state index contributed by atoms with van der Waals surface area (Å²) in [5.74, 6) is 0.152. The van der Waals surface area contributed by atoms with Crippen molar-refractivity contribution in [3.63, 3.8) is 0 Å². The van der Waals surface area contributed by atoms with Crippen LogP contribution >= 0.6 is 0 Å². The molecule has 0 spiro atoms. The second-order valence-electron chi connectivity index (χ2n) is 7.15. The SMILES string of the molecule is Cc1cc(C(=O)CN2CCCCC2)c(C)n1-c1ccc(S(C)(=O)=O)cc1. The van der Waals surface area contributed by atoms with Gasteiger partial charge in [-0.3, -0.25) is 9.69 Å². The summed E-state index contributed by atoms with van der Waals surface area (Å²) in [5, 5.41) is 0. The lowest BCUT2D eigenvalue weighted by molar-refractivity contribution is 0.0915. The molecule has 1 aliphatic rings. The average molecular weight is 375 g/mol. The zero-order valence-corrected chi connectivity index (χ0v) is 16.5. The van der Waals surface area contributed by atoms with Gasteiger partial charge in [-0.15, -0.1) is 0 Å². The molecule has 0 amide bonds. The number of hydrogen-bond donors (Lipinski definition) is 0. The van der Waals surface area contributed by atoms with E-state index in [1.807, 2.05) is 24.5 Å². The molecule has 140 valence electrons. The van der Waals surface area contributed by atoms with Crippen LogP contribution in [0.25, 0.3) is 5.69 Å². The first-order chi connectivity index (χ1) is 12.3. The van der Waals surface area contributed by atoms with Gasteiger partial charge in [0.05, 0.1) is 11.4 Å². The van der Waals surface area contributed by atoms with E-state index in [4.69, 9.17) is 0 Å². The van der Waals surface area contributed by atoms with E-state index in [-0.39, 0.29) is 5.78 Å². The van der Waals surface area contributed by atoms with E-state index < -0.39 is 9.84 Å². The lowest BCUT2D eigenvalue weighted by atomic mass is 10.1. The summed E-state index contributed by atoms with van der Waals surface area (Å²) < 4.78 is 25.3. The molecule has 0 saturated carbocycles. The fourth-order valence-electron chi connectivity index (χ4n) is 3.69. The number of likely N-dealkylation sites (tertiary alicyclic amines) is 1. The Morgan fingerprint density at radius 1 is 1.04 bits per heavy atom. The van der Waals surface area contributed by atoms with Gasteiger partial charge >= 0.3 is 0 Å². The largest absolute Gasteiger partial charge is 0.318 e. The molecule has 0 radical (unpaired) electrons. The van der Waals surface area contributed by atoms with Crippen LogP contribution in [0, 0.1) is 13.8 Å². The Labute approximate surface area is 155 Å². The Kier molecular flexibility index (Phi) is 5.34. The molecule has 0 bridgehead atoms. The standard InChI is InChI=1S/C20H26N2O3S/c1-15-13-19(20(23)14-21-11-5-4-6-12-21)16(2)22(15)17-7-9-18(10-8-17)26(3,24)25/h7-10,13H,4-6,11-12,14H2,1-3H3. The number of rotatable bonds is 5. The first kappa shape index (κ1) is 18.9. The Hall–Kier alpha value is -1.92. The van der Waals surface area contributed by atoms with Gasteiger partial charge in [-0.25, -0.2) is 8.42 Å². The van der Waals surface area contributed by atoms with Gasteiger partial charge in [0.25, 0.3) is 0 Å². The third-order valence-corrected chi connectivity index (χ3v) is 6.20. The number of carbonyl (C=O) groups excluding carboxylic acids is 1. The van der Waals surface area contributed by atoms with E-state index in [0.717, 1.165) is 35.7 Å². The Morgan fingerprint density at radius 2 is 1.65 bits per heavy atom. The monoisotopic (exact) mass is 374 g/mol. The first-order valence-electron chi connectivity index (χ1n) is 9.02. The van der Waals surface area contributed by atoms with Crippen LogP contribution in [0.5, 0.6) is 0 Å². The van der Waals surface area contributed by atoms with Crippen LogP contribution in [0.1, 0.15) is 41.0 Å². The van der Waals surface area contributed by atoms with Gasteiger partial charge in [0.15, 0.2) is 15.6 Å². The zero-order chi connectivity index (χ0) is 18.9. The molecule has 1 aromatic carbocycles. The van der Waals surface area contributed by atoms with Crippen molar-refractivity contribution in [2.45, 2.75) is 38.0 Å². The van der Waals surface area contributed by atoms with Crippen molar-refractivity contribution in [2.75, 3.05) is 25.9 Å². The summed E-state index contributed by atoms with van der Waals surface area (Å²) in [7, 11) is -3.22. The zero-order valence-electron chi connectivity index (χ0n) is 15.7. The average Bonchev–Trinajstić information content (AvgIpc) is 2.90. The highest BCUT2D eigenvalue weighted by Gasteiger charge is 2.20. The molecule has 1 saturated heterocycles. The lowest BCUT2D eigenvalue weighted by Gasteiger charge is -2.25. The van der Waals surface area contributed by atoms with E-state index in [9.17, 15) is 13.2 Å². The highest BCUT2D eigenvalue weighted by atomic mass is 32.2. The predicted molar refractivity (Wildman–Crippen MR) is 103 cm³/mol. The Bertz CT molecular complexity index is 905. The van der Waals surface area contributed by atoms with Gasteiger partial charge < -0.3 is 4.57 Å². The van der Waals surface area contributed by atoms with Crippen LogP contribution in [0.15, 0.2) is 35.2 Å². The first-order valence-corrected chi connectivity index (χ1v) is 10.9. The van der Waals surface area contributed by atoms with Crippen LogP contribution < -0.4 is 0 Å². The summed E-state index contributed by atoms with van der Waals surface area (Å²) in [6, 6.07) is 8.73. The number of piperidine rings is 1. The summed E-state index contributed by atoms with van der Waals surface area (Å²) in [5.41, 5.74) is 3.48. The molecule has 1 fully saturated rings. The number of hydrogen-bond acceptors (Lipinski definition) is 4. The minimum absolute atomic E-state index is 0.152. The lowest BCUT2D eigenvalue weighted by Crippen LogP contribution is -2.34. The fraction of sp³-hybridized carbons (Fsp3) is 0.450. The molecular weight excluding hydrogens is 348 g/mol. The van der Waals surface area contributed by atoms with Gasteiger partial charge in [0.2, 0.25) is 0 Å².